The Morgan fingerprint density at radius 3 is 2.06 bits per heavy atom. The first-order valence-electron chi connectivity index (χ1n) is 10.1. The third-order valence-electron chi connectivity index (χ3n) is 5.38. The molecule has 0 aliphatic carbocycles. The van der Waals surface area contributed by atoms with E-state index >= 15 is 0 Å². The summed E-state index contributed by atoms with van der Waals surface area (Å²) in [6, 6.07) is 14.9. The normalized spacial score (nSPS) is 13.1. The number of halogens is 3. The summed E-state index contributed by atoms with van der Waals surface area (Å²) in [7, 11) is 0. The maximum atomic E-state index is 13.7. The maximum absolute atomic E-state index is 13.7. The van der Waals surface area contributed by atoms with Crippen molar-refractivity contribution in [2.75, 3.05) is 5.32 Å². The predicted octanol–water partition coefficient (Wildman–Crippen LogP) is 4.59. The molecule has 0 fully saturated rings. The van der Waals surface area contributed by atoms with Crippen LogP contribution in [0.2, 0.25) is 0 Å². The van der Waals surface area contributed by atoms with Crippen molar-refractivity contribution in [2.24, 2.45) is 0 Å². The van der Waals surface area contributed by atoms with Gasteiger partial charge in [0.1, 0.15) is 23.1 Å². The quantitative estimate of drug-likeness (QED) is 0.358. The lowest BCUT2D eigenvalue weighted by Crippen LogP contribution is -2.32. The third-order valence-corrected chi connectivity index (χ3v) is 5.38. The van der Waals surface area contributed by atoms with E-state index in [4.69, 9.17) is 0 Å². The highest BCUT2D eigenvalue weighted by Crippen LogP contribution is 2.30. The van der Waals surface area contributed by atoms with Gasteiger partial charge in [0.2, 0.25) is 0 Å². The summed E-state index contributed by atoms with van der Waals surface area (Å²) >= 11 is 0. The Bertz CT molecular complexity index is 1360. The Balaban J connectivity index is 1.68. The van der Waals surface area contributed by atoms with E-state index in [0.29, 0.717) is 22.4 Å². The highest BCUT2D eigenvalue weighted by Gasteiger charge is 2.22. The first-order chi connectivity index (χ1) is 15.7. The van der Waals surface area contributed by atoms with Crippen LogP contribution in [-0.2, 0) is 0 Å². The van der Waals surface area contributed by atoms with Crippen LogP contribution in [0.25, 0.3) is 0 Å². The maximum Gasteiger partial charge on any atom is 0.271 e. The van der Waals surface area contributed by atoms with Gasteiger partial charge < -0.3 is 10.4 Å². The first-order valence-corrected chi connectivity index (χ1v) is 10.1. The third kappa shape index (κ3) is 4.65. The topological polar surface area (TPSA) is 78.4 Å². The minimum atomic E-state index is -0.948. The molecule has 2 atom stereocenters. The molecule has 3 N–H and O–H groups in total. The SMILES string of the molecule is CC(NC(c1ccc(F)cc1)c1cccc(Nc2c(O)c(=O)c2=O)c1)c1cc(F)cc(F)c1. The van der Waals surface area contributed by atoms with Crippen LogP contribution in [0.4, 0.5) is 24.5 Å². The predicted molar refractivity (Wildman–Crippen MR) is 119 cm³/mol. The molecule has 0 saturated carbocycles. The molecule has 33 heavy (non-hydrogen) atoms. The molecule has 0 amide bonds. The van der Waals surface area contributed by atoms with Crippen molar-refractivity contribution in [3.63, 3.8) is 0 Å². The molecule has 0 heterocycles. The summed E-state index contributed by atoms with van der Waals surface area (Å²) in [6.07, 6.45) is 0. The van der Waals surface area contributed by atoms with E-state index in [0.717, 1.165) is 6.07 Å². The summed E-state index contributed by atoms with van der Waals surface area (Å²) in [5.41, 5.74) is 0.258. The Labute approximate surface area is 186 Å². The van der Waals surface area contributed by atoms with Gasteiger partial charge in [-0.1, -0.05) is 24.3 Å². The number of hydrogen-bond acceptors (Lipinski definition) is 5. The molecule has 4 rings (SSSR count). The van der Waals surface area contributed by atoms with Crippen LogP contribution in [0.15, 0.2) is 76.3 Å². The molecule has 0 aromatic heterocycles. The van der Waals surface area contributed by atoms with Crippen LogP contribution >= 0.6 is 0 Å². The molecule has 168 valence electrons. The second-order valence-corrected chi connectivity index (χ2v) is 7.71. The van der Waals surface area contributed by atoms with E-state index < -0.39 is 46.1 Å². The summed E-state index contributed by atoms with van der Waals surface area (Å²) < 4.78 is 41.0. The lowest BCUT2D eigenvalue weighted by atomic mass is 9.96. The van der Waals surface area contributed by atoms with Crippen LogP contribution in [0.5, 0.6) is 5.75 Å². The van der Waals surface area contributed by atoms with Gasteiger partial charge in [-0.25, -0.2) is 13.2 Å². The molecule has 0 spiro atoms. The van der Waals surface area contributed by atoms with Crippen LogP contribution < -0.4 is 21.5 Å². The zero-order valence-corrected chi connectivity index (χ0v) is 17.4. The monoisotopic (exact) mass is 452 g/mol. The number of rotatable bonds is 7. The standard InChI is InChI=1S/C25H19F3N2O3/c1-13(16-9-18(27)12-19(28)10-16)29-21(14-5-7-17(26)8-6-14)15-3-2-4-20(11-15)30-22-23(31)25(33)24(22)32/h2-13,21,29-31H,1H3. The first kappa shape index (κ1) is 22.3. The van der Waals surface area contributed by atoms with Gasteiger partial charge in [0, 0.05) is 17.8 Å². The number of anilines is 2. The highest BCUT2D eigenvalue weighted by atomic mass is 19.1. The van der Waals surface area contributed by atoms with Crippen molar-refractivity contribution < 1.29 is 18.3 Å². The average Bonchev–Trinajstić information content (AvgIpc) is 2.80. The van der Waals surface area contributed by atoms with Gasteiger partial charge in [-0.2, -0.15) is 0 Å². The van der Waals surface area contributed by atoms with Crippen LogP contribution in [0.3, 0.4) is 0 Å². The number of aromatic hydroxyl groups is 1. The van der Waals surface area contributed by atoms with E-state index in [2.05, 4.69) is 10.6 Å². The summed E-state index contributed by atoms with van der Waals surface area (Å²) in [5, 5.41) is 15.7. The molecule has 2 unspecified atom stereocenters. The van der Waals surface area contributed by atoms with Crippen LogP contribution in [0.1, 0.15) is 35.7 Å². The Morgan fingerprint density at radius 2 is 1.42 bits per heavy atom. The van der Waals surface area contributed by atoms with E-state index in [1.807, 2.05) is 0 Å². The summed E-state index contributed by atoms with van der Waals surface area (Å²) in [4.78, 5) is 22.9. The van der Waals surface area contributed by atoms with Gasteiger partial charge in [0.05, 0.1) is 6.04 Å². The van der Waals surface area contributed by atoms with Crippen molar-refractivity contribution >= 4 is 11.4 Å². The minimum absolute atomic E-state index is 0.188. The molecule has 0 bridgehead atoms. The van der Waals surface area contributed by atoms with Gasteiger partial charge in [0.25, 0.3) is 10.9 Å². The van der Waals surface area contributed by atoms with Crippen LogP contribution in [-0.4, -0.2) is 5.11 Å². The summed E-state index contributed by atoms with van der Waals surface area (Å²) in [6.45, 7) is 1.74. The fourth-order valence-corrected chi connectivity index (χ4v) is 3.65. The zero-order valence-electron chi connectivity index (χ0n) is 17.4. The Hall–Kier alpha value is -3.91. The number of nitrogens with one attached hydrogen (secondary N) is 2. The van der Waals surface area contributed by atoms with E-state index in [9.17, 15) is 27.9 Å². The van der Waals surface area contributed by atoms with E-state index in [-0.39, 0.29) is 5.69 Å². The van der Waals surface area contributed by atoms with Gasteiger partial charge in [-0.15, -0.1) is 0 Å². The Kier molecular flexibility index (Phi) is 6.02. The lowest BCUT2D eigenvalue weighted by Gasteiger charge is -2.25. The molecular formula is C25H19F3N2O3. The molecule has 0 aliphatic rings. The molecule has 4 aromatic carbocycles. The second-order valence-electron chi connectivity index (χ2n) is 7.71. The molecule has 0 aliphatic heterocycles. The highest BCUT2D eigenvalue weighted by molar-refractivity contribution is 5.69. The number of hydrogen-bond donors (Lipinski definition) is 3. The fraction of sp³-hybridized carbons (Fsp3) is 0.120. The van der Waals surface area contributed by atoms with Gasteiger partial charge in [-0.05, 0) is 60.0 Å². The Morgan fingerprint density at radius 1 is 0.758 bits per heavy atom. The summed E-state index contributed by atoms with van der Waals surface area (Å²) in [5.74, 6) is -2.43. The molecule has 0 saturated heterocycles. The largest absolute Gasteiger partial charge is 0.502 e. The molecule has 0 radical (unpaired) electrons. The molecule has 8 heteroatoms. The number of benzene rings is 3. The van der Waals surface area contributed by atoms with E-state index in [1.54, 1.807) is 43.3 Å². The van der Waals surface area contributed by atoms with Crippen molar-refractivity contribution in [3.05, 3.63) is 121 Å². The minimum Gasteiger partial charge on any atom is -0.502 e. The van der Waals surface area contributed by atoms with Gasteiger partial charge >= 0.3 is 0 Å². The van der Waals surface area contributed by atoms with Crippen molar-refractivity contribution in [1.82, 2.24) is 5.32 Å². The van der Waals surface area contributed by atoms with Gasteiger partial charge in [0.15, 0.2) is 5.75 Å². The van der Waals surface area contributed by atoms with Gasteiger partial charge in [-0.3, -0.25) is 14.9 Å². The van der Waals surface area contributed by atoms with Crippen molar-refractivity contribution in [2.45, 2.75) is 19.0 Å². The van der Waals surface area contributed by atoms with Crippen molar-refractivity contribution in [1.29, 1.82) is 0 Å². The molecule has 5 nitrogen and oxygen atoms in total. The van der Waals surface area contributed by atoms with Crippen LogP contribution in [0, 0.1) is 17.5 Å². The smallest absolute Gasteiger partial charge is 0.271 e. The van der Waals surface area contributed by atoms with Crippen molar-refractivity contribution in [3.8, 4) is 5.75 Å². The fourth-order valence-electron chi connectivity index (χ4n) is 3.65. The van der Waals surface area contributed by atoms with E-state index in [1.165, 1.54) is 24.3 Å². The second kappa shape index (κ2) is 8.91. The lowest BCUT2D eigenvalue weighted by molar-refractivity contribution is 0.466. The molecular weight excluding hydrogens is 433 g/mol. The zero-order chi connectivity index (χ0) is 23.7. The molecule has 4 aromatic rings. The average molecular weight is 452 g/mol.